The van der Waals surface area contributed by atoms with Crippen LogP contribution in [-0.2, 0) is 0 Å². The maximum Gasteiger partial charge on any atom is 0.125 e. The number of benzene rings is 1. The van der Waals surface area contributed by atoms with Crippen LogP contribution in [0.5, 0.6) is 5.75 Å². The molecule has 0 amide bonds. The van der Waals surface area contributed by atoms with E-state index in [2.05, 4.69) is 38.2 Å². The average molecular weight is 259 g/mol. The van der Waals surface area contributed by atoms with Crippen molar-refractivity contribution in [3.05, 3.63) is 53.0 Å². The SMILES string of the molecule is CCNC(c1ccco1)c1cc(C)c(OC)cc1C. The lowest BCUT2D eigenvalue weighted by Crippen LogP contribution is -2.22. The number of nitrogens with one attached hydrogen (secondary N) is 1. The molecule has 3 heteroatoms. The molecular formula is C16H21NO2. The number of furan rings is 1. The molecule has 1 unspecified atom stereocenters. The van der Waals surface area contributed by atoms with Crippen molar-refractivity contribution < 1.29 is 9.15 Å². The molecule has 102 valence electrons. The third-order valence-electron chi connectivity index (χ3n) is 3.33. The molecular weight excluding hydrogens is 238 g/mol. The Bertz CT molecular complexity index is 532. The van der Waals surface area contributed by atoms with Gasteiger partial charge in [0.25, 0.3) is 0 Å². The topological polar surface area (TPSA) is 34.4 Å². The second-order valence-electron chi connectivity index (χ2n) is 4.68. The van der Waals surface area contributed by atoms with Gasteiger partial charge in [0, 0.05) is 0 Å². The summed E-state index contributed by atoms with van der Waals surface area (Å²) in [5, 5.41) is 3.47. The highest BCUT2D eigenvalue weighted by Gasteiger charge is 2.19. The highest BCUT2D eigenvalue weighted by atomic mass is 16.5. The Morgan fingerprint density at radius 2 is 2.05 bits per heavy atom. The third-order valence-corrected chi connectivity index (χ3v) is 3.33. The molecule has 0 bridgehead atoms. The van der Waals surface area contributed by atoms with Crippen molar-refractivity contribution in [3.63, 3.8) is 0 Å². The van der Waals surface area contributed by atoms with Gasteiger partial charge in [-0.3, -0.25) is 0 Å². The Balaban J connectivity index is 2.45. The zero-order valence-corrected chi connectivity index (χ0v) is 12.0. The van der Waals surface area contributed by atoms with Crippen LogP contribution < -0.4 is 10.1 Å². The van der Waals surface area contributed by atoms with Crippen molar-refractivity contribution in [2.45, 2.75) is 26.8 Å². The fourth-order valence-electron chi connectivity index (χ4n) is 2.37. The van der Waals surface area contributed by atoms with E-state index in [4.69, 9.17) is 9.15 Å². The number of methoxy groups -OCH3 is 1. The first kappa shape index (κ1) is 13.7. The lowest BCUT2D eigenvalue weighted by atomic mass is 9.96. The summed E-state index contributed by atoms with van der Waals surface area (Å²) in [6.07, 6.45) is 1.71. The maximum absolute atomic E-state index is 5.56. The van der Waals surface area contributed by atoms with Crippen molar-refractivity contribution in [2.24, 2.45) is 0 Å². The lowest BCUT2D eigenvalue weighted by Gasteiger charge is -2.20. The fraction of sp³-hybridized carbons (Fsp3) is 0.375. The summed E-state index contributed by atoms with van der Waals surface area (Å²) in [7, 11) is 1.70. The highest BCUT2D eigenvalue weighted by molar-refractivity contribution is 5.44. The quantitative estimate of drug-likeness (QED) is 0.890. The van der Waals surface area contributed by atoms with E-state index in [-0.39, 0.29) is 6.04 Å². The van der Waals surface area contributed by atoms with Crippen molar-refractivity contribution in [3.8, 4) is 5.75 Å². The number of hydrogen-bond acceptors (Lipinski definition) is 3. The Morgan fingerprint density at radius 1 is 1.26 bits per heavy atom. The zero-order valence-electron chi connectivity index (χ0n) is 12.0. The zero-order chi connectivity index (χ0) is 13.8. The predicted octanol–water partition coefficient (Wildman–Crippen LogP) is 3.60. The molecule has 0 aliphatic rings. The first-order valence-electron chi connectivity index (χ1n) is 6.59. The lowest BCUT2D eigenvalue weighted by molar-refractivity contribution is 0.410. The number of rotatable bonds is 5. The van der Waals surface area contributed by atoms with Gasteiger partial charge in [0.2, 0.25) is 0 Å². The van der Waals surface area contributed by atoms with Crippen molar-refractivity contribution in [1.82, 2.24) is 5.32 Å². The van der Waals surface area contributed by atoms with Crippen LogP contribution in [0.25, 0.3) is 0 Å². The van der Waals surface area contributed by atoms with E-state index >= 15 is 0 Å². The largest absolute Gasteiger partial charge is 0.496 e. The smallest absolute Gasteiger partial charge is 0.125 e. The van der Waals surface area contributed by atoms with E-state index in [9.17, 15) is 0 Å². The average Bonchev–Trinajstić information content (AvgIpc) is 2.92. The van der Waals surface area contributed by atoms with E-state index in [1.807, 2.05) is 12.1 Å². The Kier molecular flexibility index (Phi) is 4.27. The summed E-state index contributed by atoms with van der Waals surface area (Å²) < 4.78 is 10.9. The van der Waals surface area contributed by atoms with Crippen LogP contribution in [0.2, 0.25) is 0 Å². The van der Waals surface area contributed by atoms with Gasteiger partial charge in [0.1, 0.15) is 11.5 Å². The Hall–Kier alpha value is -1.74. The van der Waals surface area contributed by atoms with E-state index in [0.717, 1.165) is 23.6 Å². The summed E-state index contributed by atoms with van der Waals surface area (Å²) in [6, 6.07) is 8.27. The molecule has 0 fully saturated rings. The third kappa shape index (κ3) is 2.82. The number of hydrogen-bond donors (Lipinski definition) is 1. The maximum atomic E-state index is 5.56. The summed E-state index contributed by atoms with van der Waals surface area (Å²) in [4.78, 5) is 0. The molecule has 0 spiro atoms. The van der Waals surface area contributed by atoms with Crippen molar-refractivity contribution in [1.29, 1.82) is 0 Å². The summed E-state index contributed by atoms with van der Waals surface area (Å²) in [5.74, 6) is 1.87. The van der Waals surface area contributed by atoms with Gasteiger partial charge in [-0.2, -0.15) is 0 Å². The molecule has 1 atom stereocenters. The summed E-state index contributed by atoms with van der Waals surface area (Å²) in [6.45, 7) is 7.15. The minimum absolute atomic E-state index is 0.0876. The van der Waals surface area contributed by atoms with Crippen LogP contribution in [0, 0.1) is 13.8 Å². The van der Waals surface area contributed by atoms with Gasteiger partial charge in [-0.05, 0) is 55.3 Å². The van der Waals surface area contributed by atoms with Gasteiger partial charge >= 0.3 is 0 Å². The van der Waals surface area contributed by atoms with Gasteiger partial charge < -0.3 is 14.5 Å². The fourth-order valence-corrected chi connectivity index (χ4v) is 2.37. The molecule has 0 aliphatic heterocycles. The van der Waals surface area contributed by atoms with Crippen LogP contribution in [0.15, 0.2) is 34.9 Å². The van der Waals surface area contributed by atoms with Gasteiger partial charge in [-0.25, -0.2) is 0 Å². The molecule has 1 heterocycles. The summed E-state index contributed by atoms with van der Waals surface area (Å²) in [5.41, 5.74) is 3.57. The van der Waals surface area contributed by atoms with Crippen LogP contribution in [0.4, 0.5) is 0 Å². The van der Waals surface area contributed by atoms with E-state index in [1.165, 1.54) is 11.1 Å². The molecule has 0 saturated heterocycles. The molecule has 2 aromatic rings. The minimum atomic E-state index is 0.0876. The number of aryl methyl sites for hydroxylation is 2. The van der Waals surface area contributed by atoms with E-state index < -0.39 is 0 Å². The van der Waals surface area contributed by atoms with Crippen molar-refractivity contribution >= 4 is 0 Å². The normalized spacial score (nSPS) is 12.4. The molecule has 1 N–H and O–H groups in total. The molecule has 1 aromatic heterocycles. The predicted molar refractivity (Wildman–Crippen MR) is 76.7 cm³/mol. The second kappa shape index (κ2) is 5.93. The Labute approximate surface area is 114 Å². The van der Waals surface area contributed by atoms with Gasteiger partial charge in [-0.15, -0.1) is 0 Å². The molecule has 1 aromatic carbocycles. The second-order valence-corrected chi connectivity index (χ2v) is 4.68. The summed E-state index contributed by atoms with van der Waals surface area (Å²) >= 11 is 0. The molecule has 2 rings (SSSR count). The Morgan fingerprint density at radius 3 is 2.63 bits per heavy atom. The standard InChI is InChI=1S/C16H21NO2/c1-5-17-16(14-7-6-8-19-14)13-9-12(3)15(18-4)10-11(13)2/h6-10,16-17H,5H2,1-4H3. The van der Waals surface area contributed by atoms with E-state index in [1.54, 1.807) is 13.4 Å². The van der Waals surface area contributed by atoms with E-state index in [0.29, 0.717) is 0 Å². The van der Waals surface area contributed by atoms with Crippen molar-refractivity contribution in [2.75, 3.05) is 13.7 Å². The van der Waals surface area contributed by atoms with Crippen LogP contribution in [0.3, 0.4) is 0 Å². The molecule has 0 saturated carbocycles. The van der Waals surface area contributed by atoms with Gasteiger partial charge in [0.15, 0.2) is 0 Å². The van der Waals surface area contributed by atoms with Gasteiger partial charge in [-0.1, -0.05) is 13.0 Å². The monoisotopic (exact) mass is 259 g/mol. The number of ether oxygens (including phenoxy) is 1. The minimum Gasteiger partial charge on any atom is -0.496 e. The van der Waals surface area contributed by atoms with Crippen LogP contribution >= 0.6 is 0 Å². The molecule has 19 heavy (non-hydrogen) atoms. The van der Waals surface area contributed by atoms with Gasteiger partial charge in [0.05, 0.1) is 19.4 Å². The van der Waals surface area contributed by atoms with Crippen LogP contribution in [0.1, 0.15) is 35.4 Å². The molecule has 0 radical (unpaired) electrons. The molecule has 0 aliphatic carbocycles. The first-order chi connectivity index (χ1) is 9.17. The van der Waals surface area contributed by atoms with Crippen LogP contribution in [-0.4, -0.2) is 13.7 Å². The highest BCUT2D eigenvalue weighted by Crippen LogP contribution is 2.30. The molecule has 3 nitrogen and oxygen atoms in total. The first-order valence-corrected chi connectivity index (χ1v) is 6.59.